The molecule has 27 heavy (non-hydrogen) atoms. The maximum Gasteiger partial charge on any atom is 0.226 e. The lowest BCUT2D eigenvalue weighted by Gasteiger charge is -2.34. The van der Waals surface area contributed by atoms with Gasteiger partial charge in [0.05, 0.1) is 13.2 Å². The van der Waals surface area contributed by atoms with Gasteiger partial charge in [-0.3, -0.25) is 4.79 Å². The number of anilines is 1. The van der Waals surface area contributed by atoms with Crippen molar-refractivity contribution in [2.24, 2.45) is 11.3 Å². The Hall–Kier alpha value is -1.69. The standard InChI is InChI=1S/C21H30N4O2/c1-15-22-18(13-19(23-15)24-9-11-27-12-10-24)16-3-7-25(8-4-16)20(26)17-14-21(17)5-2-6-21/h13,16-17H,2-12,14H2,1H3/t17-/m0/s1. The summed E-state index contributed by atoms with van der Waals surface area (Å²) in [4.78, 5) is 26.6. The molecule has 1 aromatic heterocycles. The highest BCUT2D eigenvalue weighted by atomic mass is 16.5. The molecule has 5 rings (SSSR count). The van der Waals surface area contributed by atoms with E-state index in [0.29, 0.717) is 23.2 Å². The zero-order valence-electron chi connectivity index (χ0n) is 16.3. The number of rotatable bonds is 3. The van der Waals surface area contributed by atoms with Crippen LogP contribution in [-0.2, 0) is 9.53 Å². The van der Waals surface area contributed by atoms with E-state index >= 15 is 0 Å². The number of nitrogens with zero attached hydrogens (tertiary/aromatic N) is 4. The van der Waals surface area contributed by atoms with Crippen molar-refractivity contribution in [1.82, 2.24) is 14.9 Å². The van der Waals surface area contributed by atoms with Crippen LogP contribution in [0, 0.1) is 18.3 Å². The summed E-state index contributed by atoms with van der Waals surface area (Å²) in [6.07, 6.45) is 7.08. The minimum Gasteiger partial charge on any atom is -0.378 e. The highest BCUT2D eigenvalue weighted by molar-refractivity contribution is 5.83. The molecule has 0 bridgehead atoms. The molecule has 1 aromatic rings. The Bertz CT molecular complexity index is 719. The van der Waals surface area contributed by atoms with Crippen LogP contribution < -0.4 is 4.90 Å². The minimum absolute atomic E-state index is 0.344. The molecule has 6 nitrogen and oxygen atoms in total. The second-order valence-corrected chi connectivity index (χ2v) is 8.87. The third-order valence-electron chi connectivity index (χ3n) is 7.24. The number of ether oxygens (including phenoxy) is 1. The summed E-state index contributed by atoms with van der Waals surface area (Å²) in [7, 11) is 0. The van der Waals surface area contributed by atoms with Crippen LogP contribution >= 0.6 is 0 Å². The second kappa shape index (κ2) is 6.73. The molecule has 146 valence electrons. The lowest BCUT2D eigenvalue weighted by molar-refractivity contribution is -0.135. The van der Waals surface area contributed by atoms with Crippen LogP contribution in [0.25, 0.3) is 0 Å². The monoisotopic (exact) mass is 370 g/mol. The van der Waals surface area contributed by atoms with Crippen LogP contribution in [0.4, 0.5) is 5.82 Å². The largest absolute Gasteiger partial charge is 0.378 e. The fourth-order valence-electron chi connectivity index (χ4n) is 5.23. The summed E-state index contributed by atoms with van der Waals surface area (Å²) >= 11 is 0. The second-order valence-electron chi connectivity index (χ2n) is 8.87. The molecular formula is C21H30N4O2. The lowest BCUT2D eigenvalue weighted by Crippen LogP contribution is -2.40. The molecule has 4 aliphatic rings. The van der Waals surface area contributed by atoms with Crippen LogP contribution in [-0.4, -0.2) is 60.2 Å². The maximum atomic E-state index is 12.8. The number of morpholine rings is 1. The number of hydrogen-bond acceptors (Lipinski definition) is 5. The van der Waals surface area contributed by atoms with Crippen molar-refractivity contribution < 1.29 is 9.53 Å². The first kappa shape index (κ1) is 17.4. The molecule has 2 saturated carbocycles. The molecule has 0 radical (unpaired) electrons. The molecule has 4 fully saturated rings. The summed E-state index contributed by atoms with van der Waals surface area (Å²) in [5, 5.41) is 0. The Morgan fingerprint density at radius 2 is 1.89 bits per heavy atom. The first-order valence-corrected chi connectivity index (χ1v) is 10.6. The van der Waals surface area contributed by atoms with E-state index in [2.05, 4.69) is 20.9 Å². The summed E-state index contributed by atoms with van der Waals surface area (Å²) in [5.74, 6) is 3.09. The fourth-order valence-corrected chi connectivity index (χ4v) is 5.23. The molecule has 2 aliphatic heterocycles. The smallest absolute Gasteiger partial charge is 0.226 e. The van der Waals surface area contributed by atoms with E-state index in [1.54, 1.807) is 0 Å². The van der Waals surface area contributed by atoms with Crippen molar-refractivity contribution in [2.45, 2.75) is 51.4 Å². The quantitative estimate of drug-likeness (QED) is 0.818. The zero-order valence-corrected chi connectivity index (χ0v) is 16.3. The fraction of sp³-hybridized carbons (Fsp3) is 0.762. The number of likely N-dealkylation sites (tertiary alicyclic amines) is 1. The summed E-state index contributed by atoms with van der Waals surface area (Å²) in [5.41, 5.74) is 1.59. The van der Waals surface area contributed by atoms with E-state index in [0.717, 1.165) is 76.0 Å². The van der Waals surface area contributed by atoms with Gasteiger partial charge in [-0.1, -0.05) is 6.42 Å². The Morgan fingerprint density at radius 3 is 2.52 bits per heavy atom. The van der Waals surface area contributed by atoms with Crippen LogP contribution in [0.1, 0.15) is 56.0 Å². The van der Waals surface area contributed by atoms with Crippen LogP contribution in [0.2, 0.25) is 0 Å². The first-order chi connectivity index (χ1) is 13.1. The Labute approximate surface area is 161 Å². The van der Waals surface area contributed by atoms with E-state index in [1.165, 1.54) is 19.3 Å². The zero-order chi connectivity index (χ0) is 18.4. The van der Waals surface area contributed by atoms with Gasteiger partial charge in [0.15, 0.2) is 0 Å². The molecule has 3 heterocycles. The van der Waals surface area contributed by atoms with E-state index in [4.69, 9.17) is 9.72 Å². The molecule has 6 heteroatoms. The van der Waals surface area contributed by atoms with Crippen LogP contribution in [0.5, 0.6) is 0 Å². The van der Waals surface area contributed by atoms with Crippen LogP contribution in [0.15, 0.2) is 6.07 Å². The highest BCUT2D eigenvalue weighted by Gasteiger charge is 2.61. The predicted octanol–water partition coefficient (Wildman–Crippen LogP) is 2.52. The van der Waals surface area contributed by atoms with Gasteiger partial charge in [-0.15, -0.1) is 0 Å². The molecule has 2 aliphatic carbocycles. The Morgan fingerprint density at radius 1 is 1.15 bits per heavy atom. The first-order valence-electron chi connectivity index (χ1n) is 10.6. The van der Waals surface area contributed by atoms with Gasteiger partial charge in [0.1, 0.15) is 11.6 Å². The normalized spacial score (nSPS) is 27.5. The number of carbonyl (C=O) groups is 1. The van der Waals surface area contributed by atoms with E-state index in [1.807, 2.05) is 6.92 Å². The Balaban J connectivity index is 1.23. The van der Waals surface area contributed by atoms with Crippen LogP contribution in [0.3, 0.4) is 0 Å². The van der Waals surface area contributed by atoms with E-state index < -0.39 is 0 Å². The maximum absolute atomic E-state index is 12.8. The predicted molar refractivity (Wildman–Crippen MR) is 103 cm³/mol. The molecule has 0 unspecified atom stereocenters. The number of carbonyl (C=O) groups excluding carboxylic acids is 1. The van der Waals surface area contributed by atoms with Gasteiger partial charge >= 0.3 is 0 Å². The van der Waals surface area contributed by atoms with Gasteiger partial charge in [-0.05, 0) is 44.4 Å². The molecular weight excluding hydrogens is 340 g/mol. The van der Waals surface area contributed by atoms with Crippen molar-refractivity contribution >= 4 is 11.7 Å². The molecule has 2 saturated heterocycles. The average Bonchev–Trinajstić information content (AvgIpc) is 3.45. The lowest BCUT2D eigenvalue weighted by atomic mass is 9.79. The number of amides is 1. The summed E-state index contributed by atoms with van der Waals surface area (Å²) in [6, 6.07) is 2.17. The van der Waals surface area contributed by atoms with Gasteiger partial charge in [-0.2, -0.15) is 0 Å². The highest BCUT2D eigenvalue weighted by Crippen LogP contribution is 2.66. The van der Waals surface area contributed by atoms with Crippen molar-refractivity contribution in [2.75, 3.05) is 44.3 Å². The minimum atomic E-state index is 0.344. The third-order valence-corrected chi connectivity index (χ3v) is 7.24. The van der Waals surface area contributed by atoms with Crippen molar-refractivity contribution in [3.63, 3.8) is 0 Å². The number of hydrogen-bond donors (Lipinski definition) is 0. The SMILES string of the molecule is Cc1nc(C2CCN(C(=O)[C@@H]3CC34CCC4)CC2)cc(N2CCOCC2)n1. The van der Waals surface area contributed by atoms with E-state index in [-0.39, 0.29) is 0 Å². The topological polar surface area (TPSA) is 58.6 Å². The molecule has 1 atom stereocenters. The average molecular weight is 370 g/mol. The van der Waals surface area contributed by atoms with Gasteiger partial charge in [-0.25, -0.2) is 9.97 Å². The van der Waals surface area contributed by atoms with Crippen molar-refractivity contribution in [1.29, 1.82) is 0 Å². The molecule has 0 N–H and O–H groups in total. The summed E-state index contributed by atoms with van der Waals surface area (Å²) in [6.45, 7) is 7.07. The van der Waals surface area contributed by atoms with Gasteiger partial charge in [0, 0.05) is 49.8 Å². The van der Waals surface area contributed by atoms with Crippen molar-refractivity contribution in [3.05, 3.63) is 17.6 Å². The number of piperidine rings is 1. The number of aromatic nitrogens is 2. The third kappa shape index (κ3) is 3.22. The Kier molecular flexibility index (Phi) is 4.34. The number of aryl methyl sites for hydroxylation is 1. The molecule has 0 aromatic carbocycles. The molecule has 1 amide bonds. The molecule has 1 spiro atoms. The van der Waals surface area contributed by atoms with Gasteiger partial charge < -0.3 is 14.5 Å². The summed E-state index contributed by atoms with van der Waals surface area (Å²) < 4.78 is 5.46. The van der Waals surface area contributed by atoms with Gasteiger partial charge in [0.25, 0.3) is 0 Å². The van der Waals surface area contributed by atoms with E-state index in [9.17, 15) is 4.79 Å². The van der Waals surface area contributed by atoms with Crippen molar-refractivity contribution in [3.8, 4) is 0 Å². The van der Waals surface area contributed by atoms with Gasteiger partial charge in [0.2, 0.25) is 5.91 Å².